The largest absolute Gasteiger partial charge is 0.477 e. The number of carboxylic acid groups (broad SMARTS) is 1. The first-order valence-corrected chi connectivity index (χ1v) is 7.33. The highest BCUT2D eigenvalue weighted by molar-refractivity contribution is 8.00. The average Bonchev–Trinajstić information content (AvgIpc) is 2.37. The highest BCUT2D eigenvalue weighted by atomic mass is 32.2. The predicted octanol–water partition coefficient (Wildman–Crippen LogP) is 1.02. The van der Waals surface area contributed by atoms with Crippen LogP contribution in [0.5, 0.6) is 0 Å². The normalized spacial score (nSPS) is 26.4. The molecule has 6 heteroatoms. The Kier molecular flexibility index (Phi) is 4.29. The number of carbonyl (C=O) groups is 2. The number of carboxylic acids is 1. The molecule has 2 atom stereocenters. The topological polar surface area (TPSA) is 69.6 Å². The van der Waals surface area contributed by atoms with Crippen molar-refractivity contribution in [2.45, 2.75) is 37.6 Å². The number of nitrogens with zero attached hydrogens (tertiary/aromatic N) is 1. The molecular weight excluding hydrogens is 252 g/mol. The lowest BCUT2D eigenvalue weighted by atomic mass is 10.0. The minimum absolute atomic E-state index is 0.0461. The fourth-order valence-electron chi connectivity index (χ4n) is 2.23. The molecule has 2 aliphatic heterocycles. The average molecular weight is 270 g/mol. The fourth-order valence-corrected chi connectivity index (χ4v) is 3.45. The third-order valence-electron chi connectivity index (χ3n) is 3.21. The third-order valence-corrected chi connectivity index (χ3v) is 4.39. The van der Waals surface area contributed by atoms with Crippen LogP contribution in [0.15, 0.2) is 11.8 Å². The van der Waals surface area contributed by atoms with Gasteiger partial charge in [-0.15, -0.1) is 11.8 Å². The van der Waals surface area contributed by atoms with Crippen molar-refractivity contribution in [2.24, 2.45) is 0 Å². The Morgan fingerprint density at radius 2 is 2.39 bits per heavy atom. The number of hydrogen-bond acceptors (Lipinski definition) is 4. The number of aliphatic carboxylic acids is 1. The zero-order valence-corrected chi connectivity index (χ0v) is 11.2. The van der Waals surface area contributed by atoms with Gasteiger partial charge < -0.3 is 10.4 Å². The van der Waals surface area contributed by atoms with Gasteiger partial charge in [-0.3, -0.25) is 9.69 Å². The van der Waals surface area contributed by atoms with E-state index in [1.807, 2.05) is 0 Å². The first-order valence-electron chi connectivity index (χ1n) is 6.28. The molecule has 5 nitrogen and oxygen atoms in total. The number of unbranched alkanes of at least 4 members (excludes halogenated alkanes) is 2. The summed E-state index contributed by atoms with van der Waals surface area (Å²) in [5.74, 6) is -0.473. The molecule has 0 aromatic carbocycles. The molecule has 1 saturated heterocycles. The zero-order chi connectivity index (χ0) is 13.1. The molecule has 0 aromatic rings. The van der Waals surface area contributed by atoms with Crippen LogP contribution in [0, 0.1) is 0 Å². The monoisotopic (exact) mass is 270 g/mol. The van der Waals surface area contributed by atoms with Crippen LogP contribution in [-0.4, -0.2) is 45.6 Å². The SMILES string of the molecule is CCCCCN[C@@H]1C(=O)N2C(C(=O)O)=CCS[C@@H]12. The van der Waals surface area contributed by atoms with Gasteiger partial charge in [0, 0.05) is 5.75 Å². The van der Waals surface area contributed by atoms with Crippen LogP contribution in [0.4, 0.5) is 0 Å². The Bertz CT molecular complexity index is 384. The van der Waals surface area contributed by atoms with Crippen LogP contribution in [0.3, 0.4) is 0 Å². The molecule has 0 unspecified atom stereocenters. The third kappa shape index (κ3) is 2.40. The number of nitrogens with one attached hydrogen (secondary N) is 1. The minimum Gasteiger partial charge on any atom is -0.477 e. The number of β-lactam (4-membered cyclic amide) rings is 1. The van der Waals surface area contributed by atoms with Crippen molar-refractivity contribution < 1.29 is 14.7 Å². The molecule has 1 amide bonds. The van der Waals surface area contributed by atoms with E-state index in [1.54, 1.807) is 17.8 Å². The summed E-state index contributed by atoms with van der Waals surface area (Å²) in [6.07, 6.45) is 4.96. The van der Waals surface area contributed by atoms with E-state index in [1.165, 1.54) is 4.90 Å². The molecule has 0 radical (unpaired) electrons. The number of fused-ring (bicyclic) bond motifs is 1. The van der Waals surface area contributed by atoms with Crippen LogP contribution in [0.1, 0.15) is 26.2 Å². The highest BCUT2D eigenvalue weighted by Gasteiger charge is 2.51. The molecule has 18 heavy (non-hydrogen) atoms. The van der Waals surface area contributed by atoms with Crippen LogP contribution in [-0.2, 0) is 9.59 Å². The van der Waals surface area contributed by atoms with Gasteiger partial charge in [-0.25, -0.2) is 4.79 Å². The van der Waals surface area contributed by atoms with Gasteiger partial charge in [-0.2, -0.15) is 0 Å². The van der Waals surface area contributed by atoms with E-state index in [4.69, 9.17) is 5.11 Å². The van der Waals surface area contributed by atoms with Gasteiger partial charge in [0.15, 0.2) is 0 Å². The van der Waals surface area contributed by atoms with Crippen LogP contribution in [0.2, 0.25) is 0 Å². The van der Waals surface area contributed by atoms with E-state index in [9.17, 15) is 9.59 Å². The summed E-state index contributed by atoms with van der Waals surface area (Å²) in [5.41, 5.74) is 0.135. The second-order valence-corrected chi connectivity index (χ2v) is 5.62. The molecule has 2 aliphatic rings. The molecule has 2 rings (SSSR count). The summed E-state index contributed by atoms with van der Waals surface area (Å²) < 4.78 is 0. The number of rotatable bonds is 6. The standard InChI is InChI=1S/C12H18N2O3S/c1-2-3-4-6-13-9-10(15)14-8(12(16)17)5-7-18-11(9)14/h5,9,11,13H,2-4,6-7H2,1H3,(H,16,17)/t9-,11+/m1/s1. The predicted molar refractivity (Wildman–Crippen MR) is 70.1 cm³/mol. The van der Waals surface area contributed by atoms with Crippen LogP contribution >= 0.6 is 11.8 Å². The van der Waals surface area contributed by atoms with Crippen LogP contribution < -0.4 is 5.32 Å². The molecule has 0 saturated carbocycles. The van der Waals surface area contributed by atoms with Crippen molar-refractivity contribution in [3.05, 3.63) is 11.8 Å². The zero-order valence-electron chi connectivity index (χ0n) is 10.4. The molecule has 2 heterocycles. The summed E-state index contributed by atoms with van der Waals surface area (Å²) in [4.78, 5) is 24.3. The molecule has 0 aliphatic carbocycles. The van der Waals surface area contributed by atoms with Gasteiger partial charge in [0.1, 0.15) is 17.1 Å². The van der Waals surface area contributed by atoms with Gasteiger partial charge in [-0.1, -0.05) is 19.8 Å². The molecule has 100 valence electrons. The molecular formula is C12H18N2O3S. The van der Waals surface area contributed by atoms with E-state index >= 15 is 0 Å². The van der Waals surface area contributed by atoms with Crippen molar-refractivity contribution in [2.75, 3.05) is 12.3 Å². The molecule has 0 aromatic heterocycles. The summed E-state index contributed by atoms with van der Waals surface area (Å²) in [5, 5.41) is 12.2. The van der Waals surface area contributed by atoms with E-state index in [-0.39, 0.29) is 23.0 Å². The number of hydrogen-bond donors (Lipinski definition) is 2. The van der Waals surface area contributed by atoms with Gasteiger partial charge >= 0.3 is 5.97 Å². The lowest BCUT2D eigenvalue weighted by molar-refractivity contribution is -0.149. The first-order chi connectivity index (χ1) is 8.66. The van der Waals surface area contributed by atoms with E-state index in [0.29, 0.717) is 5.75 Å². The molecule has 0 spiro atoms. The molecule has 2 N–H and O–H groups in total. The Balaban J connectivity index is 1.90. The lowest BCUT2D eigenvalue weighted by Crippen LogP contribution is -2.69. The van der Waals surface area contributed by atoms with E-state index in [0.717, 1.165) is 25.8 Å². The van der Waals surface area contributed by atoms with Gasteiger partial charge in [0.2, 0.25) is 5.91 Å². The Hall–Kier alpha value is -1.01. The van der Waals surface area contributed by atoms with Crippen molar-refractivity contribution in [1.82, 2.24) is 10.2 Å². The Morgan fingerprint density at radius 3 is 3.06 bits per heavy atom. The number of thioether (sulfide) groups is 1. The smallest absolute Gasteiger partial charge is 0.352 e. The van der Waals surface area contributed by atoms with Crippen molar-refractivity contribution in [1.29, 1.82) is 0 Å². The van der Waals surface area contributed by atoms with Gasteiger partial charge in [-0.05, 0) is 19.0 Å². The first kappa shape index (κ1) is 13.4. The maximum absolute atomic E-state index is 11.9. The Labute approximate surface area is 111 Å². The van der Waals surface area contributed by atoms with E-state index in [2.05, 4.69) is 12.2 Å². The van der Waals surface area contributed by atoms with E-state index < -0.39 is 5.97 Å². The molecule has 1 fully saturated rings. The second kappa shape index (κ2) is 5.75. The molecule has 0 bridgehead atoms. The fraction of sp³-hybridized carbons (Fsp3) is 0.667. The highest BCUT2D eigenvalue weighted by Crippen LogP contribution is 2.37. The van der Waals surface area contributed by atoms with Crippen molar-refractivity contribution in [3.63, 3.8) is 0 Å². The quantitative estimate of drug-likeness (QED) is 0.557. The number of carbonyl (C=O) groups excluding carboxylic acids is 1. The van der Waals surface area contributed by atoms with Gasteiger partial charge in [0.05, 0.1) is 0 Å². The number of amides is 1. The summed E-state index contributed by atoms with van der Waals surface area (Å²) in [7, 11) is 0. The lowest BCUT2D eigenvalue weighted by Gasteiger charge is -2.48. The minimum atomic E-state index is -1.02. The maximum Gasteiger partial charge on any atom is 0.352 e. The van der Waals surface area contributed by atoms with Gasteiger partial charge in [0.25, 0.3) is 0 Å². The summed E-state index contributed by atoms with van der Waals surface area (Å²) in [6, 6.07) is -0.213. The Morgan fingerprint density at radius 1 is 1.61 bits per heavy atom. The summed E-state index contributed by atoms with van der Waals surface area (Å²) >= 11 is 1.61. The summed E-state index contributed by atoms with van der Waals surface area (Å²) in [6.45, 7) is 2.96. The van der Waals surface area contributed by atoms with Crippen molar-refractivity contribution >= 4 is 23.6 Å². The van der Waals surface area contributed by atoms with Crippen molar-refractivity contribution in [3.8, 4) is 0 Å². The van der Waals surface area contributed by atoms with Crippen LogP contribution in [0.25, 0.3) is 0 Å². The maximum atomic E-state index is 11.9. The second-order valence-electron chi connectivity index (χ2n) is 4.47.